The van der Waals surface area contributed by atoms with Crippen LogP contribution >= 0.6 is 7.82 Å². The molecule has 1 atom stereocenters. The van der Waals surface area contributed by atoms with Crippen LogP contribution in [0.5, 0.6) is 0 Å². The fourth-order valence-electron chi connectivity index (χ4n) is 3.10. The molecule has 178 valence electrons. The van der Waals surface area contributed by atoms with E-state index >= 15 is 0 Å². The van der Waals surface area contributed by atoms with Crippen molar-refractivity contribution in [2.75, 3.05) is 13.2 Å². The van der Waals surface area contributed by atoms with E-state index < -0.39 is 20.5 Å². The average molecular weight is 450 g/mol. The van der Waals surface area contributed by atoms with Crippen LogP contribution in [0.15, 0.2) is 12.2 Å². The Kier molecular flexibility index (Phi) is 19.7. The van der Waals surface area contributed by atoms with Gasteiger partial charge in [-0.05, 0) is 32.1 Å². The van der Waals surface area contributed by atoms with E-state index in [0.717, 1.165) is 25.7 Å². The standard InChI is InChI=1S/C22H44NO6P/c1-2-3-4-5-6-7-8-9-10-11-12-13-14-15-16-17-18-22(25)23-19-21(24)20-29-30(26,27)28/h9-10,21,24H,2-8,11-20H2,1H3,(H,23,25)(H2,26,27,28)/b10-9-. The lowest BCUT2D eigenvalue weighted by Crippen LogP contribution is -2.34. The van der Waals surface area contributed by atoms with Crippen LogP contribution in [-0.2, 0) is 13.9 Å². The average Bonchev–Trinajstić information content (AvgIpc) is 2.69. The highest BCUT2D eigenvalue weighted by Gasteiger charge is 2.17. The van der Waals surface area contributed by atoms with Gasteiger partial charge in [0.05, 0.1) is 12.7 Å². The highest BCUT2D eigenvalue weighted by atomic mass is 31.2. The fraction of sp³-hybridized carbons (Fsp3) is 0.864. The number of carbonyl (C=O) groups excluding carboxylic acids is 1. The van der Waals surface area contributed by atoms with E-state index in [0.29, 0.717) is 6.42 Å². The number of hydrogen-bond donors (Lipinski definition) is 4. The molecule has 1 unspecified atom stereocenters. The van der Waals surface area contributed by atoms with Gasteiger partial charge in [0, 0.05) is 13.0 Å². The summed E-state index contributed by atoms with van der Waals surface area (Å²) in [4.78, 5) is 28.8. The van der Waals surface area contributed by atoms with Crippen LogP contribution in [0.25, 0.3) is 0 Å². The van der Waals surface area contributed by atoms with Gasteiger partial charge in [0.1, 0.15) is 0 Å². The predicted molar refractivity (Wildman–Crippen MR) is 121 cm³/mol. The topological polar surface area (TPSA) is 116 Å². The molecular weight excluding hydrogens is 405 g/mol. The number of allylic oxidation sites excluding steroid dienone is 2. The lowest BCUT2D eigenvalue weighted by molar-refractivity contribution is -0.121. The molecule has 30 heavy (non-hydrogen) atoms. The summed E-state index contributed by atoms with van der Waals surface area (Å²) in [6, 6.07) is 0. The summed E-state index contributed by atoms with van der Waals surface area (Å²) < 4.78 is 14.7. The van der Waals surface area contributed by atoms with Gasteiger partial charge in [-0.15, -0.1) is 0 Å². The summed E-state index contributed by atoms with van der Waals surface area (Å²) in [5.41, 5.74) is 0. The van der Waals surface area contributed by atoms with Crippen LogP contribution in [-0.4, -0.2) is 40.1 Å². The van der Waals surface area contributed by atoms with Crippen LogP contribution in [0.1, 0.15) is 103 Å². The molecule has 0 heterocycles. The van der Waals surface area contributed by atoms with Crippen molar-refractivity contribution in [1.82, 2.24) is 5.32 Å². The molecule has 0 spiro atoms. The van der Waals surface area contributed by atoms with Crippen molar-refractivity contribution < 1.29 is 28.8 Å². The molecule has 0 aliphatic rings. The van der Waals surface area contributed by atoms with Gasteiger partial charge in [0.2, 0.25) is 5.91 Å². The molecule has 0 aromatic carbocycles. The summed E-state index contributed by atoms with van der Waals surface area (Å²) in [6.07, 6.45) is 20.9. The molecule has 0 saturated heterocycles. The Labute approximate surface area is 182 Å². The molecule has 0 fully saturated rings. The largest absolute Gasteiger partial charge is 0.469 e. The van der Waals surface area contributed by atoms with Crippen molar-refractivity contribution in [1.29, 1.82) is 0 Å². The minimum atomic E-state index is -4.59. The number of carbonyl (C=O) groups is 1. The van der Waals surface area contributed by atoms with Gasteiger partial charge in [-0.3, -0.25) is 9.32 Å². The Morgan fingerprint density at radius 2 is 1.40 bits per heavy atom. The molecule has 0 aliphatic carbocycles. The predicted octanol–water partition coefficient (Wildman–Crippen LogP) is 5.00. The van der Waals surface area contributed by atoms with Gasteiger partial charge in [-0.1, -0.05) is 76.9 Å². The van der Waals surface area contributed by atoms with Crippen LogP contribution in [0.4, 0.5) is 0 Å². The minimum absolute atomic E-state index is 0.0782. The molecule has 0 rings (SSSR count). The number of nitrogens with one attached hydrogen (secondary N) is 1. The Bertz CT molecular complexity index is 480. The third kappa shape index (κ3) is 23.6. The maximum Gasteiger partial charge on any atom is 0.469 e. The van der Waals surface area contributed by atoms with Crippen molar-refractivity contribution in [3.05, 3.63) is 12.2 Å². The minimum Gasteiger partial charge on any atom is -0.389 e. The first-order valence-corrected chi connectivity index (χ1v) is 13.2. The lowest BCUT2D eigenvalue weighted by Gasteiger charge is -2.12. The van der Waals surface area contributed by atoms with Gasteiger partial charge in [0.25, 0.3) is 0 Å². The quantitative estimate of drug-likeness (QED) is 0.111. The number of hydrogen-bond acceptors (Lipinski definition) is 4. The maximum absolute atomic E-state index is 11.7. The Balaban J connectivity index is 3.36. The van der Waals surface area contributed by atoms with Crippen LogP contribution in [0, 0.1) is 0 Å². The molecule has 0 aliphatic heterocycles. The zero-order valence-electron chi connectivity index (χ0n) is 18.8. The normalized spacial score (nSPS) is 13.1. The SMILES string of the molecule is CCCCCCCC/C=C\CCCCCCCCC(=O)NCC(O)COP(=O)(O)O. The van der Waals surface area contributed by atoms with Crippen molar-refractivity contribution in [3.63, 3.8) is 0 Å². The van der Waals surface area contributed by atoms with Crippen molar-refractivity contribution in [3.8, 4) is 0 Å². The molecule has 7 nitrogen and oxygen atoms in total. The van der Waals surface area contributed by atoms with E-state index in [1.807, 2.05) is 0 Å². The fourth-order valence-corrected chi connectivity index (χ4v) is 3.46. The second kappa shape index (κ2) is 20.2. The summed E-state index contributed by atoms with van der Waals surface area (Å²) >= 11 is 0. The van der Waals surface area contributed by atoms with E-state index in [1.54, 1.807) is 0 Å². The summed E-state index contributed by atoms with van der Waals surface area (Å²) in [7, 11) is -4.59. The Morgan fingerprint density at radius 1 is 0.900 bits per heavy atom. The third-order valence-corrected chi connectivity index (χ3v) is 5.37. The molecule has 0 aromatic rings. The van der Waals surface area contributed by atoms with Crippen LogP contribution in [0.2, 0.25) is 0 Å². The monoisotopic (exact) mass is 449 g/mol. The number of phosphoric acid groups is 1. The number of aliphatic hydroxyl groups excluding tert-OH is 1. The Hall–Kier alpha value is -0.720. The first kappa shape index (κ1) is 29.3. The molecule has 4 N–H and O–H groups in total. The third-order valence-electron chi connectivity index (χ3n) is 4.89. The molecule has 8 heteroatoms. The zero-order chi connectivity index (χ0) is 22.5. The Morgan fingerprint density at radius 3 is 1.93 bits per heavy atom. The van der Waals surface area contributed by atoms with Crippen molar-refractivity contribution >= 4 is 13.7 Å². The highest BCUT2D eigenvalue weighted by molar-refractivity contribution is 7.46. The van der Waals surface area contributed by atoms with Crippen LogP contribution in [0.3, 0.4) is 0 Å². The molecule has 0 saturated carbocycles. The van der Waals surface area contributed by atoms with E-state index in [4.69, 9.17) is 9.79 Å². The van der Waals surface area contributed by atoms with Gasteiger partial charge in [-0.2, -0.15) is 0 Å². The molecular formula is C22H44NO6P. The van der Waals surface area contributed by atoms with Gasteiger partial charge in [0.15, 0.2) is 0 Å². The number of rotatable bonds is 21. The van der Waals surface area contributed by atoms with E-state index in [2.05, 4.69) is 28.9 Å². The molecule has 0 bridgehead atoms. The number of phosphoric ester groups is 1. The summed E-state index contributed by atoms with van der Waals surface area (Å²) in [5.74, 6) is -0.166. The van der Waals surface area contributed by atoms with E-state index in [1.165, 1.54) is 64.2 Å². The molecule has 0 aromatic heterocycles. The smallest absolute Gasteiger partial charge is 0.389 e. The molecule has 1 amide bonds. The van der Waals surface area contributed by atoms with Gasteiger partial charge in [-0.25, -0.2) is 4.57 Å². The van der Waals surface area contributed by atoms with E-state index in [9.17, 15) is 14.5 Å². The van der Waals surface area contributed by atoms with Crippen molar-refractivity contribution in [2.45, 2.75) is 109 Å². The number of aliphatic hydroxyl groups is 1. The van der Waals surface area contributed by atoms with E-state index in [-0.39, 0.29) is 12.5 Å². The second-order valence-electron chi connectivity index (χ2n) is 7.93. The zero-order valence-corrected chi connectivity index (χ0v) is 19.7. The van der Waals surface area contributed by atoms with Gasteiger partial charge >= 0.3 is 7.82 Å². The second-order valence-corrected chi connectivity index (χ2v) is 9.17. The van der Waals surface area contributed by atoms with Crippen LogP contribution < -0.4 is 5.32 Å². The lowest BCUT2D eigenvalue weighted by atomic mass is 10.1. The summed E-state index contributed by atoms with van der Waals surface area (Å²) in [5, 5.41) is 12.0. The highest BCUT2D eigenvalue weighted by Crippen LogP contribution is 2.35. The maximum atomic E-state index is 11.7. The first-order valence-electron chi connectivity index (χ1n) is 11.6. The summed E-state index contributed by atoms with van der Waals surface area (Å²) in [6.45, 7) is 1.65. The van der Waals surface area contributed by atoms with Gasteiger partial charge < -0.3 is 20.2 Å². The first-order chi connectivity index (χ1) is 14.3. The molecule has 0 radical (unpaired) electrons. The van der Waals surface area contributed by atoms with Crippen molar-refractivity contribution in [2.24, 2.45) is 0 Å². The number of amides is 1. The number of unbranched alkanes of at least 4 members (excludes halogenated alkanes) is 12.